The lowest BCUT2D eigenvalue weighted by atomic mass is 9.87. The van der Waals surface area contributed by atoms with Crippen molar-refractivity contribution in [3.05, 3.63) is 0 Å². The molecule has 0 spiro atoms. The van der Waals surface area contributed by atoms with Crippen molar-refractivity contribution >= 4 is 6.72 Å². The minimum Gasteiger partial charge on any atom is -0.318 e. The second kappa shape index (κ2) is 4.34. The van der Waals surface area contributed by atoms with Gasteiger partial charge < -0.3 is 10.7 Å². The molecule has 1 atom stereocenters. The van der Waals surface area contributed by atoms with Gasteiger partial charge in [0.1, 0.15) is 0 Å². The van der Waals surface area contributed by atoms with E-state index in [0.29, 0.717) is 6.04 Å². The SMILES string of the molecule is C=NNC(CNC)C(C)(C)C. The fraction of sp³-hybridized carbons (Fsp3) is 0.875. The van der Waals surface area contributed by atoms with E-state index in [4.69, 9.17) is 0 Å². The van der Waals surface area contributed by atoms with Crippen LogP contribution in [0.1, 0.15) is 20.8 Å². The van der Waals surface area contributed by atoms with Crippen molar-refractivity contribution in [1.29, 1.82) is 0 Å². The smallest absolute Gasteiger partial charge is 0.0612 e. The van der Waals surface area contributed by atoms with Gasteiger partial charge in [0.15, 0.2) is 0 Å². The normalized spacial score (nSPS) is 14.2. The lowest BCUT2D eigenvalue weighted by molar-refractivity contribution is 0.268. The highest BCUT2D eigenvalue weighted by Gasteiger charge is 2.22. The first-order chi connectivity index (χ1) is 5.02. The number of likely N-dealkylation sites (N-methyl/N-ethyl adjacent to an activating group) is 1. The van der Waals surface area contributed by atoms with Gasteiger partial charge in [0.25, 0.3) is 0 Å². The fourth-order valence-corrected chi connectivity index (χ4v) is 0.860. The van der Waals surface area contributed by atoms with Gasteiger partial charge in [0, 0.05) is 13.3 Å². The predicted molar refractivity (Wildman–Crippen MR) is 49.9 cm³/mol. The highest BCUT2D eigenvalue weighted by atomic mass is 15.3. The monoisotopic (exact) mass is 157 g/mol. The van der Waals surface area contributed by atoms with Crippen molar-refractivity contribution < 1.29 is 0 Å². The van der Waals surface area contributed by atoms with E-state index in [1.807, 2.05) is 7.05 Å². The molecule has 0 aliphatic rings. The van der Waals surface area contributed by atoms with Crippen LogP contribution in [0.25, 0.3) is 0 Å². The summed E-state index contributed by atoms with van der Waals surface area (Å²) in [6.45, 7) is 10.8. The molecule has 11 heavy (non-hydrogen) atoms. The summed E-state index contributed by atoms with van der Waals surface area (Å²) in [5, 5.41) is 6.79. The van der Waals surface area contributed by atoms with Crippen molar-refractivity contribution in [2.24, 2.45) is 10.5 Å². The van der Waals surface area contributed by atoms with Crippen LogP contribution < -0.4 is 10.7 Å². The van der Waals surface area contributed by atoms with Crippen LogP contribution in [0.5, 0.6) is 0 Å². The second-order valence-electron chi connectivity index (χ2n) is 3.76. The molecule has 0 aromatic carbocycles. The Bertz CT molecular complexity index is 115. The molecular weight excluding hydrogens is 138 g/mol. The van der Waals surface area contributed by atoms with Crippen molar-refractivity contribution in [2.75, 3.05) is 13.6 Å². The first kappa shape index (κ1) is 10.4. The van der Waals surface area contributed by atoms with Crippen molar-refractivity contribution in [1.82, 2.24) is 10.7 Å². The summed E-state index contributed by atoms with van der Waals surface area (Å²) in [7, 11) is 1.93. The van der Waals surface area contributed by atoms with Gasteiger partial charge in [0.05, 0.1) is 6.04 Å². The molecule has 0 aromatic rings. The van der Waals surface area contributed by atoms with Gasteiger partial charge in [-0.1, -0.05) is 20.8 Å². The molecule has 3 heteroatoms. The molecule has 66 valence electrons. The number of rotatable bonds is 4. The number of hydrogen-bond acceptors (Lipinski definition) is 3. The molecule has 1 unspecified atom stereocenters. The van der Waals surface area contributed by atoms with E-state index >= 15 is 0 Å². The van der Waals surface area contributed by atoms with Crippen molar-refractivity contribution in [3.8, 4) is 0 Å². The Morgan fingerprint density at radius 3 is 2.27 bits per heavy atom. The lowest BCUT2D eigenvalue weighted by Gasteiger charge is -2.29. The van der Waals surface area contributed by atoms with E-state index in [1.54, 1.807) is 0 Å². The summed E-state index contributed by atoms with van der Waals surface area (Å²) in [6.07, 6.45) is 0. The Morgan fingerprint density at radius 1 is 1.45 bits per heavy atom. The molecule has 0 bridgehead atoms. The minimum atomic E-state index is 0.212. The first-order valence-electron chi connectivity index (χ1n) is 3.88. The molecule has 3 nitrogen and oxygen atoms in total. The minimum absolute atomic E-state index is 0.212. The summed E-state index contributed by atoms with van der Waals surface area (Å²) in [6, 6.07) is 0.338. The molecule has 0 aliphatic carbocycles. The zero-order valence-electron chi connectivity index (χ0n) is 7.94. The molecule has 0 aromatic heterocycles. The van der Waals surface area contributed by atoms with Crippen LogP contribution >= 0.6 is 0 Å². The van der Waals surface area contributed by atoms with E-state index in [1.165, 1.54) is 0 Å². The molecule has 0 radical (unpaired) electrons. The van der Waals surface area contributed by atoms with Gasteiger partial charge in [-0.2, -0.15) is 5.10 Å². The highest BCUT2D eigenvalue weighted by Crippen LogP contribution is 2.18. The molecule has 0 saturated heterocycles. The van der Waals surface area contributed by atoms with Crippen molar-refractivity contribution in [2.45, 2.75) is 26.8 Å². The van der Waals surface area contributed by atoms with E-state index in [0.717, 1.165) is 6.54 Å². The molecule has 2 N–H and O–H groups in total. The predicted octanol–water partition coefficient (Wildman–Crippen LogP) is 0.826. The van der Waals surface area contributed by atoms with Crippen LogP contribution in [0.3, 0.4) is 0 Å². The maximum absolute atomic E-state index is 3.68. The molecule has 0 fully saturated rings. The van der Waals surface area contributed by atoms with E-state index in [2.05, 4.69) is 43.3 Å². The molecule has 0 aliphatic heterocycles. The Labute approximate surface area is 69.3 Å². The Morgan fingerprint density at radius 2 is 2.00 bits per heavy atom. The summed E-state index contributed by atoms with van der Waals surface area (Å²) in [4.78, 5) is 0. The van der Waals surface area contributed by atoms with Gasteiger partial charge in [-0.05, 0) is 12.5 Å². The van der Waals surface area contributed by atoms with Gasteiger partial charge >= 0.3 is 0 Å². The van der Waals surface area contributed by atoms with Crippen LogP contribution in [0.2, 0.25) is 0 Å². The van der Waals surface area contributed by atoms with Gasteiger partial charge in [-0.15, -0.1) is 0 Å². The molecule has 0 amide bonds. The summed E-state index contributed by atoms with van der Waals surface area (Å²) in [5.41, 5.74) is 3.19. The third-order valence-electron chi connectivity index (χ3n) is 1.70. The third kappa shape index (κ3) is 3.98. The Kier molecular flexibility index (Phi) is 4.11. The zero-order valence-corrected chi connectivity index (χ0v) is 7.94. The molecule has 0 heterocycles. The van der Waals surface area contributed by atoms with E-state index < -0.39 is 0 Å². The van der Waals surface area contributed by atoms with Gasteiger partial charge in [0.2, 0.25) is 0 Å². The number of hydrazone groups is 1. The highest BCUT2D eigenvalue weighted by molar-refractivity contribution is 5.22. The second-order valence-corrected chi connectivity index (χ2v) is 3.76. The zero-order chi connectivity index (χ0) is 8.91. The van der Waals surface area contributed by atoms with Gasteiger partial charge in [-0.25, -0.2) is 0 Å². The largest absolute Gasteiger partial charge is 0.318 e. The number of nitrogens with zero attached hydrogens (tertiary/aromatic N) is 1. The van der Waals surface area contributed by atoms with Crippen LogP contribution in [0, 0.1) is 5.41 Å². The lowest BCUT2D eigenvalue weighted by Crippen LogP contribution is -2.44. The van der Waals surface area contributed by atoms with Crippen LogP contribution in [0.15, 0.2) is 5.10 Å². The number of hydrogen-bond donors (Lipinski definition) is 2. The van der Waals surface area contributed by atoms with Gasteiger partial charge in [-0.3, -0.25) is 0 Å². The molecule has 0 saturated carbocycles. The summed E-state index contributed by atoms with van der Waals surface area (Å²) < 4.78 is 0. The standard InChI is InChI=1S/C8H19N3/c1-8(2,3)7(6-9-4)11-10-5/h7,9,11H,5-6H2,1-4H3. The summed E-state index contributed by atoms with van der Waals surface area (Å²) in [5.74, 6) is 0. The maximum Gasteiger partial charge on any atom is 0.0612 e. The van der Waals surface area contributed by atoms with E-state index in [-0.39, 0.29) is 5.41 Å². The average Bonchev–Trinajstić information content (AvgIpc) is 1.85. The quantitative estimate of drug-likeness (QED) is 0.468. The number of nitrogens with one attached hydrogen (secondary N) is 2. The van der Waals surface area contributed by atoms with Crippen LogP contribution in [-0.2, 0) is 0 Å². The fourth-order valence-electron chi connectivity index (χ4n) is 0.860. The van der Waals surface area contributed by atoms with Crippen LogP contribution in [-0.4, -0.2) is 26.4 Å². The third-order valence-corrected chi connectivity index (χ3v) is 1.70. The topological polar surface area (TPSA) is 36.4 Å². The van der Waals surface area contributed by atoms with Crippen molar-refractivity contribution in [3.63, 3.8) is 0 Å². The average molecular weight is 157 g/mol. The summed E-state index contributed by atoms with van der Waals surface area (Å²) >= 11 is 0. The van der Waals surface area contributed by atoms with E-state index in [9.17, 15) is 0 Å². The Hall–Kier alpha value is -0.570. The van der Waals surface area contributed by atoms with Crippen LogP contribution in [0.4, 0.5) is 0 Å². The molecule has 0 rings (SSSR count). The molecular formula is C8H19N3. The Balaban J connectivity index is 3.97. The first-order valence-corrected chi connectivity index (χ1v) is 3.88. The maximum atomic E-state index is 3.68.